The van der Waals surface area contributed by atoms with Crippen molar-refractivity contribution in [2.45, 2.75) is 32.2 Å². The van der Waals surface area contributed by atoms with Gasteiger partial charge in [-0.25, -0.2) is 0 Å². The van der Waals surface area contributed by atoms with Crippen LogP contribution in [-0.2, 0) is 4.79 Å². The average molecular weight is 196 g/mol. The lowest BCUT2D eigenvalue weighted by Gasteiger charge is -2.27. The highest BCUT2D eigenvalue weighted by Crippen LogP contribution is 2.25. The fraction of sp³-hybridized carbons (Fsp3) is 0.727. The standard InChI is InChI=1S/C11H20N2O/c1-3-7-12-11(14)9(2)13-8-10-5-4-6-10/h3,9-10,13H,1,4-8H2,2H3,(H,12,14). The zero-order chi connectivity index (χ0) is 10.4. The first kappa shape index (κ1) is 11.2. The van der Waals surface area contributed by atoms with Crippen LogP contribution in [-0.4, -0.2) is 25.0 Å². The molecule has 80 valence electrons. The number of carbonyl (C=O) groups excluding carboxylic acids is 1. The Balaban J connectivity index is 2.09. The minimum Gasteiger partial charge on any atom is -0.351 e. The van der Waals surface area contributed by atoms with E-state index < -0.39 is 0 Å². The summed E-state index contributed by atoms with van der Waals surface area (Å²) in [6.45, 7) is 6.98. The molecular weight excluding hydrogens is 176 g/mol. The van der Waals surface area contributed by atoms with E-state index in [1.807, 2.05) is 6.92 Å². The lowest BCUT2D eigenvalue weighted by molar-refractivity contribution is -0.122. The van der Waals surface area contributed by atoms with Crippen LogP contribution in [0.15, 0.2) is 12.7 Å². The van der Waals surface area contributed by atoms with Crippen LogP contribution in [0.5, 0.6) is 0 Å². The Morgan fingerprint density at radius 3 is 2.86 bits per heavy atom. The van der Waals surface area contributed by atoms with Crippen molar-refractivity contribution in [3.63, 3.8) is 0 Å². The number of amides is 1. The molecule has 3 nitrogen and oxygen atoms in total. The molecule has 0 aliphatic heterocycles. The van der Waals surface area contributed by atoms with Gasteiger partial charge in [0.05, 0.1) is 6.04 Å². The number of carbonyl (C=O) groups is 1. The van der Waals surface area contributed by atoms with Crippen molar-refractivity contribution in [2.75, 3.05) is 13.1 Å². The van der Waals surface area contributed by atoms with Gasteiger partial charge in [-0.05, 0) is 32.2 Å². The van der Waals surface area contributed by atoms with E-state index in [2.05, 4.69) is 17.2 Å². The van der Waals surface area contributed by atoms with E-state index in [0.717, 1.165) is 12.5 Å². The third-order valence-corrected chi connectivity index (χ3v) is 2.75. The largest absolute Gasteiger partial charge is 0.351 e. The van der Waals surface area contributed by atoms with Crippen molar-refractivity contribution in [3.05, 3.63) is 12.7 Å². The van der Waals surface area contributed by atoms with Gasteiger partial charge in [0.2, 0.25) is 5.91 Å². The number of rotatable bonds is 6. The molecule has 0 saturated heterocycles. The maximum Gasteiger partial charge on any atom is 0.237 e. The Morgan fingerprint density at radius 1 is 1.64 bits per heavy atom. The number of hydrogen-bond donors (Lipinski definition) is 2. The Labute approximate surface area is 86.0 Å². The van der Waals surface area contributed by atoms with Crippen molar-refractivity contribution in [2.24, 2.45) is 5.92 Å². The summed E-state index contributed by atoms with van der Waals surface area (Å²) in [7, 11) is 0. The molecule has 0 heterocycles. The van der Waals surface area contributed by atoms with E-state index in [1.54, 1.807) is 6.08 Å². The van der Waals surface area contributed by atoms with Gasteiger partial charge in [0, 0.05) is 6.54 Å². The van der Waals surface area contributed by atoms with E-state index in [9.17, 15) is 4.79 Å². The molecule has 1 amide bonds. The van der Waals surface area contributed by atoms with Gasteiger partial charge in [-0.1, -0.05) is 12.5 Å². The molecule has 1 aliphatic carbocycles. The van der Waals surface area contributed by atoms with Gasteiger partial charge in [0.15, 0.2) is 0 Å². The molecule has 1 aliphatic rings. The van der Waals surface area contributed by atoms with Crippen molar-refractivity contribution in [3.8, 4) is 0 Å². The second kappa shape index (κ2) is 5.81. The van der Waals surface area contributed by atoms with Crippen LogP contribution in [0.1, 0.15) is 26.2 Å². The fourth-order valence-corrected chi connectivity index (χ4v) is 1.46. The summed E-state index contributed by atoms with van der Waals surface area (Å²) in [5.74, 6) is 0.855. The monoisotopic (exact) mass is 196 g/mol. The van der Waals surface area contributed by atoms with E-state index in [0.29, 0.717) is 6.54 Å². The summed E-state index contributed by atoms with van der Waals surface area (Å²) in [6.07, 6.45) is 5.67. The van der Waals surface area contributed by atoms with E-state index in [4.69, 9.17) is 0 Å². The Kier molecular flexibility index (Phi) is 4.66. The van der Waals surface area contributed by atoms with Crippen molar-refractivity contribution >= 4 is 5.91 Å². The molecule has 1 atom stereocenters. The first-order valence-corrected chi connectivity index (χ1v) is 5.36. The predicted molar refractivity (Wildman–Crippen MR) is 58.0 cm³/mol. The van der Waals surface area contributed by atoms with E-state index in [1.165, 1.54) is 19.3 Å². The van der Waals surface area contributed by atoms with Gasteiger partial charge >= 0.3 is 0 Å². The first-order chi connectivity index (χ1) is 6.74. The molecule has 0 radical (unpaired) electrons. The van der Waals surface area contributed by atoms with Gasteiger partial charge in [-0.3, -0.25) is 4.79 Å². The van der Waals surface area contributed by atoms with E-state index in [-0.39, 0.29) is 11.9 Å². The van der Waals surface area contributed by atoms with Crippen molar-refractivity contribution in [1.29, 1.82) is 0 Å². The summed E-state index contributed by atoms with van der Waals surface area (Å²) in [4.78, 5) is 11.4. The lowest BCUT2D eigenvalue weighted by Crippen LogP contribution is -2.44. The number of nitrogens with one attached hydrogen (secondary N) is 2. The molecule has 1 rings (SSSR count). The maximum atomic E-state index is 11.4. The van der Waals surface area contributed by atoms with Gasteiger partial charge < -0.3 is 10.6 Å². The topological polar surface area (TPSA) is 41.1 Å². The molecule has 1 fully saturated rings. The van der Waals surface area contributed by atoms with Crippen LogP contribution < -0.4 is 10.6 Å². The summed E-state index contributed by atoms with van der Waals surface area (Å²) in [5.41, 5.74) is 0. The van der Waals surface area contributed by atoms with Gasteiger partial charge in [0.1, 0.15) is 0 Å². The smallest absolute Gasteiger partial charge is 0.237 e. The van der Waals surface area contributed by atoms with Crippen LogP contribution in [0.4, 0.5) is 0 Å². The quantitative estimate of drug-likeness (QED) is 0.624. The van der Waals surface area contributed by atoms with Crippen LogP contribution in [0.25, 0.3) is 0 Å². The molecule has 0 aromatic heterocycles. The SMILES string of the molecule is C=CCNC(=O)C(C)NCC1CCC1. The van der Waals surface area contributed by atoms with Crippen LogP contribution in [0.2, 0.25) is 0 Å². The first-order valence-electron chi connectivity index (χ1n) is 5.36. The van der Waals surface area contributed by atoms with Gasteiger partial charge in [0.25, 0.3) is 0 Å². The third kappa shape index (κ3) is 3.50. The molecule has 1 saturated carbocycles. The summed E-state index contributed by atoms with van der Waals surface area (Å²) < 4.78 is 0. The zero-order valence-electron chi connectivity index (χ0n) is 8.88. The molecule has 1 unspecified atom stereocenters. The Bertz CT molecular complexity index is 199. The molecule has 14 heavy (non-hydrogen) atoms. The van der Waals surface area contributed by atoms with Gasteiger partial charge in [-0.2, -0.15) is 0 Å². The van der Waals surface area contributed by atoms with Crippen LogP contribution >= 0.6 is 0 Å². The van der Waals surface area contributed by atoms with Crippen LogP contribution in [0, 0.1) is 5.92 Å². The summed E-state index contributed by atoms with van der Waals surface area (Å²) in [5, 5.41) is 6.02. The second-order valence-corrected chi connectivity index (χ2v) is 3.96. The molecular formula is C11H20N2O. The molecule has 0 spiro atoms. The normalized spacial score (nSPS) is 18.4. The molecule has 0 aromatic carbocycles. The van der Waals surface area contributed by atoms with Crippen molar-refractivity contribution < 1.29 is 4.79 Å². The summed E-state index contributed by atoms with van der Waals surface area (Å²) in [6, 6.07) is -0.0875. The minimum atomic E-state index is -0.0875. The highest BCUT2D eigenvalue weighted by Gasteiger charge is 2.19. The molecule has 0 aromatic rings. The Morgan fingerprint density at radius 2 is 2.36 bits per heavy atom. The van der Waals surface area contributed by atoms with Crippen molar-refractivity contribution in [1.82, 2.24) is 10.6 Å². The molecule has 3 heteroatoms. The Hall–Kier alpha value is -0.830. The van der Waals surface area contributed by atoms with E-state index >= 15 is 0 Å². The second-order valence-electron chi connectivity index (χ2n) is 3.96. The lowest BCUT2D eigenvalue weighted by atomic mass is 9.85. The highest BCUT2D eigenvalue weighted by atomic mass is 16.2. The fourth-order valence-electron chi connectivity index (χ4n) is 1.46. The maximum absolute atomic E-state index is 11.4. The average Bonchev–Trinajstić information content (AvgIpc) is 2.11. The minimum absolute atomic E-state index is 0.0595. The molecule has 2 N–H and O–H groups in total. The third-order valence-electron chi connectivity index (χ3n) is 2.75. The summed E-state index contributed by atoms with van der Waals surface area (Å²) >= 11 is 0. The predicted octanol–water partition coefficient (Wildman–Crippen LogP) is 1.07. The zero-order valence-corrected chi connectivity index (χ0v) is 8.88. The van der Waals surface area contributed by atoms with Gasteiger partial charge in [-0.15, -0.1) is 6.58 Å². The highest BCUT2D eigenvalue weighted by molar-refractivity contribution is 5.81. The van der Waals surface area contributed by atoms with Crippen LogP contribution in [0.3, 0.4) is 0 Å². The molecule has 0 bridgehead atoms. The number of hydrogen-bond acceptors (Lipinski definition) is 2.